The number of anilines is 1. The molecule has 0 unspecified atom stereocenters. The van der Waals surface area contributed by atoms with E-state index in [0.717, 1.165) is 12.3 Å². The van der Waals surface area contributed by atoms with Gasteiger partial charge in [-0.1, -0.05) is 0 Å². The molecule has 0 spiro atoms. The van der Waals surface area contributed by atoms with Crippen LogP contribution in [0.1, 0.15) is 0 Å². The van der Waals surface area contributed by atoms with Crippen molar-refractivity contribution in [3.63, 3.8) is 0 Å². The lowest BCUT2D eigenvalue weighted by molar-refractivity contribution is -0.386. The minimum absolute atomic E-state index is 0.0922. The summed E-state index contributed by atoms with van der Waals surface area (Å²) in [5.74, 6) is -0.568. The molecule has 20 heavy (non-hydrogen) atoms. The van der Waals surface area contributed by atoms with Crippen molar-refractivity contribution in [1.82, 2.24) is 9.97 Å². The Morgan fingerprint density at radius 2 is 2.25 bits per heavy atom. The predicted molar refractivity (Wildman–Crippen MR) is 72.4 cm³/mol. The molecule has 0 fully saturated rings. The second-order valence-corrected chi connectivity index (χ2v) is 4.42. The van der Waals surface area contributed by atoms with Gasteiger partial charge in [0.15, 0.2) is 0 Å². The van der Waals surface area contributed by atoms with E-state index in [9.17, 15) is 14.5 Å². The van der Waals surface area contributed by atoms with Crippen molar-refractivity contribution in [2.45, 2.75) is 0 Å². The van der Waals surface area contributed by atoms with E-state index in [1.165, 1.54) is 12.1 Å². The van der Waals surface area contributed by atoms with Gasteiger partial charge in [0.2, 0.25) is 5.95 Å². The Balaban J connectivity index is 2.40. The third kappa shape index (κ3) is 2.99. The van der Waals surface area contributed by atoms with Crippen LogP contribution in [0.5, 0.6) is 11.6 Å². The Bertz CT molecular complexity index is 668. The van der Waals surface area contributed by atoms with Gasteiger partial charge >= 0.3 is 11.6 Å². The molecule has 9 heteroatoms. The molecular weight excluding hydrogens is 335 g/mol. The predicted octanol–water partition coefficient (Wildman–Crippen LogP) is 3.12. The number of nitro groups is 1. The monoisotopic (exact) mass is 342 g/mol. The Kier molecular flexibility index (Phi) is 4.08. The summed E-state index contributed by atoms with van der Waals surface area (Å²) in [4.78, 5) is 17.8. The van der Waals surface area contributed by atoms with Crippen LogP contribution in [0.25, 0.3) is 0 Å². The maximum Gasteiger partial charge on any atom is 0.349 e. The number of ether oxygens (including phenoxy) is 1. The van der Waals surface area contributed by atoms with E-state index in [4.69, 9.17) is 4.74 Å². The molecule has 0 atom stereocenters. The molecule has 0 aliphatic rings. The average molecular weight is 343 g/mol. The lowest BCUT2D eigenvalue weighted by Gasteiger charge is -2.07. The summed E-state index contributed by atoms with van der Waals surface area (Å²) in [5, 5.41) is 13.5. The van der Waals surface area contributed by atoms with Crippen LogP contribution in [-0.2, 0) is 0 Å². The normalized spacial score (nSPS) is 10.2. The van der Waals surface area contributed by atoms with Crippen molar-refractivity contribution in [1.29, 1.82) is 0 Å². The van der Waals surface area contributed by atoms with Crippen LogP contribution in [-0.4, -0.2) is 21.9 Å². The quantitative estimate of drug-likeness (QED) is 0.678. The summed E-state index contributed by atoms with van der Waals surface area (Å²) in [7, 11) is 1.56. The molecule has 0 saturated heterocycles. The standard InChI is InChI=1S/C11H8BrFN4O3/c1-14-11-15-5-9(17(18)19)10(16-11)20-6-2-3-7(12)8(13)4-6/h2-5H,1H3,(H,14,15,16). The molecule has 2 aromatic rings. The van der Waals surface area contributed by atoms with Gasteiger partial charge in [0, 0.05) is 13.1 Å². The topological polar surface area (TPSA) is 90.2 Å². The summed E-state index contributed by atoms with van der Waals surface area (Å²) in [6.45, 7) is 0. The van der Waals surface area contributed by atoms with Gasteiger partial charge in [0.1, 0.15) is 17.8 Å². The fourth-order valence-corrected chi connectivity index (χ4v) is 1.58. The Labute approximate surface area is 121 Å². The van der Waals surface area contributed by atoms with Gasteiger partial charge in [-0.25, -0.2) is 9.37 Å². The molecule has 1 aromatic heterocycles. The molecule has 0 amide bonds. The van der Waals surface area contributed by atoms with Crippen LogP contribution < -0.4 is 10.1 Å². The molecule has 104 valence electrons. The van der Waals surface area contributed by atoms with Crippen LogP contribution in [0.4, 0.5) is 16.0 Å². The SMILES string of the molecule is CNc1ncc([N+](=O)[O-])c(Oc2ccc(Br)c(F)c2)n1. The van der Waals surface area contributed by atoms with Crippen molar-refractivity contribution < 1.29 is 14.1 Å². The lowest BCUT2D eigenvalue weighted by atomic mass is 10.3. The molecule has 0 saturated carbocycles. The molecule has 7 nitrogen and oxygen atoms in total. The average Bonchev–Trinajstić information content (AvgIpc) is 2.42. The van der Waals surface area contributed by atoms with Crippen molar-refractivity contribution in [2.24, 2.45) is 0 Å². The van der Waals surface area contributed by atoms with E-state index in [1.807, 2.05) is 0 Å². The minimum atomic E-state index is -0.677. The van der Waals surface area contributed by atoms with Gasteiger partial charge in [-0.2, -0.15) is 4.98 Å². The van der Waals surface area contributed by atoms with Gasteiger partial charge in [0.05, 0.1) is 9.40 Å². The summed E-state index contributed by atoms with van der Waals surface area (Å²) < 4.78 is 18.9. The van der Waals surface area contributed by atoms with Gasteiger partial charge in [-0.15, -0.1) is 0 Å². The van der Waals surface area contributed by atoms with E-state index in [0.29, 0.717) is 0 Å². The van der Waals surface area contributed by atoms with Gasteiger partial charge < -0.3 is 10.1 Å². The highest BCUT2D eigenvalue weighted by atomic mass is 79.9. The maximum atomic E-state index is 13.4. The molecule has 0 aliphatic carbocycles. The lowest BCUT2D eigenvalue weighted by Crippen LogP contribution is -2.02. The zero-order chi connectivity index (χ0) is 14.7. The number of nitrogens with zero attached hydrogens (tertiary/aromatic N) is 3. The van der Waals surface area contributed by atoms with Crippen molar-refractivity contribution in [3.8, 4) is 11.6 Å². The summed E-state index contributed by atoms with van der Waals surface area (Å²) >= 11 is 3.00. The summed E-state index contributed by atoms with van der Waals surface area (Å²) in [6.07, 6.45) is 1.02. The smallest absolute Gasteiger partial charge is 0.349 e. The van der Waals surface area contributed by atoms with E-state index < -0.39 is 16.4 Å². The molecule has 1 heterocycles. The number of nitrogens with one attached hydrogen (secondary N) is 1. The second kappa shape index (κ2) is 5.78. The zero-order valence-electron chi connectivity index (χ0n) is 10.1. The van der Waals surface area contributed by atoms with E-state index in [2.05, 4.69) is 31.2 Å². The van der Waals surface area contributed by atoms with Gasteiger partial charge in [0.25, 0.3) is 0 Å². The van der Waals surface area contributed by atoms with Crippen molar-refractivity contribution >= 4 is 27.6 Å². The number of halogens is 2. The molecule has 1 aromatic carbocycles. The summed E-state index contributed by atoms with van der Waals surface area (Å²) in [6, 6.07) is 3.98. The largest absolute Gasteiger partial charge is 0.433 e. The highest BCUT2D eigenvalue weighted by molar-refractivity contribution is 9.10. The Morgan fingerprint density at radius 3 is 2.85 bits per heavy atom. The Hall–Kier alpha value is -2.29. The third-order valence-corrected chi connectivity index (χ3v) is 2.90. The van der Waals surface area contributed by atoms with Crippen molar-refractivity contribution in [2.75, 3.05) is 12.4 Å². The number of aromatic nitrogens is 2. The first-order valence-electron chi connectivity index (χ1n) is 5.33. The Morgan fingerprint density at radius 1 is 1.50 bits per heavy atom. The van der Waals surface area contributed by atoms with Crippen LogP contribution in [0.3, 0.4) is 0 Å². The maximum absolute atomic E-state index is 13.4. The highest BCUT2D eigenvalue weighted by Gasteiger charge is 2.19. The third-order valence-electron chi connectivity index (χ3n) is 2.26. The first-order chi connectivity index (χ1) is 9.51. The molecule has 0 aliphatic heterocycles. The number of rotatable bonds is 4. The first-order valence-corrected chi connectivity index (χ1v) is 6.12. The van der Waals surface area contributed by atoms with Crippen LogP contribution >= 0.6 is 15.9 Å². The first kappa shape index (κ1) is 14.1. The number of hydrogen-bond acceptors (Lipinski definition) is 6. The van der Waals surface area contributed by atoms with Crippen LogP contribution in [0, 0.1) is 15.9 Å². The summed E-state index contributed by atoms with van der Waals surface area (Å²) in [5.41, 5.74) is -0.410. The zero-order valence-corrected chi connectivity index (χ0v) is 11.7. The fourth-order valence-electron chi connectivity index (χ4n) is 1.33. The molecule has 1 N–H and O–H groups in total. The van der Waals surface area contributed by atoms with E-state index >= 15 is 0 Å². The molecule has 0 bridgehead atoms. The molecular formula is C11H8BrFN4O3. The minimum Gasteiger partial charge on any atom is -0.433 e. The number of benzene rings is 1. The van der Waals surface area contributed by atoms with Crippen LogP contribution in [0.2, 0.25) is 0 Å². The number of hydrogen-bond donors (Lipinski definition) is 1. The van der Waals surface area contributed by atoms with Gasteiger partial charge in [-0.3, -0.25) is 10.1 Å². The molecule has 0 radical (unpaired) electrons. The molecule has 2 rings (SSSR count). The van der Waals surface area contributed by atoms with E-state index in [-0.39, 0.29) is 22.1 Å². The fraction of sp³-hybridized carbons (Fsp3) is 0.0909. The van der Waals surface area contributed by atoms with Crippen molar-refractivity contribution in [3.05, 3.63) is 44.8 Å². The van der Waals surface area contributed by atoms with E-state index in [1.54, 1.807) is 7.05 Å². The highest BCUT2D eigenvalue weighted by Crippen LogP contribution is 2.30. The van der Waals surface area contributed by atoms with Gasteiger partial charge in [-0.05, 0) is 28.1 Å². The second-order valence-electron chi connectivity index (χ2n) is 3.57. The van der Waals surface area contributed by atoms with Crippen LogP contribution in [0.15, 0.2) is 28.9 Å².